The molecule has 1 aliphatic heterocycles. The van der Waals surface area contributed by atoms with Crippen LogP contribution in [0.5, 0.6) is 0 Å². The first-order valence-electron chi connectivity index (χ1n) is 9.05. The van der Waals surface area contributed by atoms with Crippen molar-refractivity contribution in [2.75, 3.05) is 25.4 Å². The number of ether oxygens (including phenoxy) is 2. The van der Waals surface area contributed by atoms with Crippen molar-refractivity contribution >= 4 is 40.6 Å². The Morgan fingerprint density at radius 2 is 1.73 bits per heavy atom. The van der Waals surface area contributed by atoms with Gasteiger partial charge in [0.05, 0.1) is 6.61 Å². The Balaban J connectivity index is 2.35. The molecule has 2 amide bonds. The van der Waals surface area contributed by atoms with E-state index in [2.05, 4.69) is 10.6 Å². The fourth-order valence-corrected chi connectivity index (χ4v) is 2.92. The Labute approximate surface area is 177 Å². The number of aliphatic carboxylic acids is 2. The number of carbonyl (C=O) groups is 5. The Hall–Kier alpha value is -2.44. The molecule has 1 aliphatic rings. The average Bonchev–Trinajstić information content (AvgIpc) is 2.65. The summed E-state index contributed by atoms with van der Waals surface area (Å²) in [4.78, 5) is 57.2. The third-order valence-electron chi connectivity index (χ3n) is 4.08. The smallest absolute Gasteiger partial charge is 0.364 e. The highest BCUT2D eigenvalue weighted by atomic mass is 32.2. The molecule has 11 nitrogen and oxygen atoms in total. The van der Waals surface area contributed by atoms with Crippen LogP contribution >= 0.6 is 11.8 Å². The molecule has 2 atom stereocenters. The third kappa shape index (κ3) is 8.13. The number of thioether (sulfide) groups is 1. The van der Waals surface area contributed by atoms with Gasteiger partial charge >= 0.3 is 11.9 Å². The number of carbonyl (C=O) groups excluding carboxylic acids is 3. The van der Waals surface area contributed by atoms with Crippen LogP contribution in [0.15, 0.2) is 12.2 Å². The first-order chi connectivity index (χ1) is 13.9. The van der Waals surface area contributed by atoms with E-state index >= 15 is 0 Å². The van der Waals surface area contributed by atoms with Crippen LogP contribution in [0.1, 0.15) is 27.2 Å². The van der Waals surface area contributed by atoms with Gasteiger partial charge in [0.15, 0.2) is 0 Å². The van der Waals surface area contributed by atoms with Gasteiger partial charge in [-0.1, -0.05) is 25.6 Å². The summed E-state index contributed by atoms with van der Waals surface area (Å²) in [6, 6.07) is 0. The van der Waals surface area contributed by atoms with Crippen molar-refractivity contribution in [3.63, 3.8) is 0 Å². The molecule has 30 heavy (non-hydrogen) atoms. The molecule has 0 aromatic carbocycles. The fraction of sp³-hybridized carbons (Fsp3) is 0.611. The predicted molar refractivity (Wildman–Crippen MR) is 106 cm³/mol. The zero-order valence-electron chi connectivity index (χ0n) is 16.9. The number of amides is 2. The number of nitrogens with one attached hydrogen (secondary N) is 2. The van der Waals surface area contributed by atoms with Gasteiger partial charge in [0.2, 0.25) is 16.9 Å². The third-order valence-corrected chi connectivity index (χ3v) is 4.91. The molecular formula is C18H26N2O9S. The van der Waals surface area contributed by atoms with Crippen molar-refractivity contribution < 1.29 is 43.7 Å². The zero-order valence-corrected chi connectivity index (χ0v) is 17.7. The summed E-state index contributed by atoms with van der Waals surface area (Å²) in [6.07, 6.45) is 0.568. The lowest BCUT2D eigenvalue weighted by Crippen LogP contribution is -2.60. The van der Waals surface area contributed by atoms with Gasteiger partial charge in [-0.3, -0.25) is 14.4 Å². The van der Waals surface area contributed by atoms with E-state index in [9.17, 15) is 29.1 Å². The highest BCUT2D eigenvalue weighted by Gasteiger charge is 2.51. The number of hydrogen-bond donors (Lipinski definition) is 4. The summed E-state index contributed by atoms with van der Waals surface area (Å²) >= 11 is 0.860. The van der Waals surface area contributed by atoms with Gasteiger partial charge in [-0.25, -0.2) is 9.59 Å². The van der Waals surface area contributed by atoms with E-state index in [0.717, 1.165) is 23.9 Å². The molecule has 1 heterocycles. The highest BCUT2D eigenvalue weighted by Crippen LogP contribution is 2.35. The van der Waals surface area contributed by atoms with E-state index in [1.807, 2.05) is 0 Å². The highest BCUT2D eigenvalue weighted by molar-refractivity contribution is 8.14. The van der Waals surface area contributed by atoms with Crippen LogP contribution in [0.25, 0.3) is 0 Å². The van der Waals surface area contributed by atoms with E-state index in [1.165, 1.54) is 6.92 Å². The van der Waals surface area contributed by atoms with E-state index in [0.29, 0.717) is 0 Å². The lowest BCUT2D eigenvalue weighted by atomic mass is 9.85. The molecule has 0 radical (unpaired) electrons. The monoisotopic (exact) mass is 446 g/mol. The molecule has 168 valence electrons. The van der Waals surface area contributed by atoms with Crippen LogP contribution in [0.4, 0.5) is 0 Å². The van der Waals surface area contributed by atoms with Crippen LogP contribution in [0, 0.1) is 5.41 Å². The summed E-state index contributed by atoms with van der Waals surface area (Å²) < 4.78 is 10.6. The van der Waals surface area contributed by atoms with E-state index in [-0.39, 0.29) is 37.8 Å². The maximum Gasteiger partial charge on any atom is 0.364 e. The molecule has 0 bridgehead atoms. The second-order valence-corrected chi connectivity index (χ2v) is 8.36. The van der Waals surface area contributed by atoms with Crippen LogP contribution in [-0.2, 0) is 33.4 Å². The Bertz CT molecular complexity index is 722. The molecular weight excluding hydrogens is 420 g/mol. The molecule has 1 unspecified atom stereocenters. The molecule has 12 heteroatoms. The molecule has 0 aliphatic carbocycles. The molecule has 1 fully saturated rings. The summed E-state index contributed by atoms with van der Waals surface area (Å²) in [5.74, 6) is -5.13. The largest absolute Gasteiger partial charge is 0.478 e. The zero-order chi connectivity index (χ0) is 22.9. The number of carboxylic acid groups (broad SMARTS) is 2. The molecule has 0 aromatic heterocycles. The first-order valence-corrected chi connectivity index (χ1v) is 10.0. The Kier molecular flexibility index (Phi) is 9.46. The second kappa shape index (κ2) is 11.1. The molecule has 1 rings (SSSR count). The SMILES string of the molecule is CC1(C(=O)O)OCC(C)(C)[C@H](C(=O)NCCC(=O)NCCSC(=O)/C=C/C(=O)O)O1. The Morgan fingerprint density at radius 3 is 2.33 bits per heavy atom. The fourth-order valence-electron chi connectivity index (χ4n) is 2.35. The predicted octanol–water partition coefficient (Wildman–Crippen LogP) is -0.248. The quantitative estimate of drug-likeness (QED) is 0.259. The van der Waals surface area contributed by atoms with Gasteiger partial charge in [-0.2, -0.15) is 0 Å². The maximum absolute atomic E-state index is 12.4. The van der Waals surface area contributed by atoms with Crippen LogP contribution in [0.3, 0.4) is 0 Å². The second-order valence-electron chi connectivity index (χ2n) is 7.26. The normalized spacial score (nSPS) is 23.0. The standard InChI is InChI=1S/C18H26N2O9S/c1-17(2)10-28-18(3,16(26)27)29-14(17)15(25)20-7-6-11(21)19-8-9-30-13(24)5-4-12(22)23/h4-5,14H,6-10H2,1-3H3,(H,19,21)(H,20,25)(H,22,23)(H,26,27)/b5-4+/t14-,18?/m0/s1. The summed E-state index contributed by atoms with van der Waals surface area (Å²) in [5.41, 5.74) is -0.764. The first kappa shape index (κ1) is 25.6. The number of rotatable bonds is 10. The van der Waals surface area contributed by atoms with Crippen LogP contribution in [0.2, 0.25) is 0 Å². The van der Waals surface area contributed by atoms with E-state index in [1.54, 1.807) is 13.8 Å². The summed E-state index contributed by atoms with van der Waals surface area (Å²) in [5, 5.41) is 22.3. The van der Waals surface area contributed by atoms with Crippen LogP contribution < -0.4 is 10.6 Å². The van der Waals surface area contributed by atoms with Gasteiger partial charge in [0.1, 0.15) is 6.10 Å². The molecule has 1 saturated heterocycles. The van der Waals surface area contributed by atoms with Crippen molar-refractivity contribution in [1.29, 1.82) is 0 Å². The average molecular weight is 446 g/mol. The van der Waals surface area contributed by atoms with Gasteiger partial charge in [-0.15, -0.1) is 0 Å². The van der Waals surface area contributed by atoms with Crippen molar-refractivity contribution in [2.45, 2.75) is 39.1 Å². The van der Waals surface area contributed by atoms with Gasteiger partial charge < -0.3 is 30.3 Å². The molecule has 0 spiro atoms. The minimum Gasteiger partial charge on any atom is -0.478 e. The minimum atomic E-state index is -1.93. The number of hydrogen-bond acceptors (Lipinski definition) is 8. The van der Waals surface area contributed by atoms with Crippen molar-refractivity contribution in [3.05, 3.63) is 12.2 Å². The molecule has 0 aromatic rings. The minimum absolute atomic E-state index is 0.00636. The van der Waals surface area contributed by atoms with E-state index in [4.69, 9.17) is 14.6 Å². The van der Waals surface area contributed by atoms with Crippen LogP contribution in [-0.4, -0.2) is 76.4 Å². The topological polar surface area (TPSA) is 168 Å². The van der Waals surface area contributed by atoms with Gasteiger partial charge in [0, 0.05) is 43.7 Å². The van der Waals surface area contributed by atoms with Gasteiger partial charge in [-0.05, 0) is 6.08 Å². The maximum atomic E-state index is 12.4. The lowest BCUT2D eigenvalue weighted by molar-refractivity contribution is -0.304. The number of carboxylic acids is 2. The Morgan fingerprint density at radius 1 is 1.07 bits per heavy atom. The van der Waals surface area contributed by atoms with Gasteiger partial charge in [0.25, 0.3) is 5.79 Å². The molecule has 0 saturated carbocycles. The van der Waals surface area contributed by atoms with Crippen molar-refractivity contribution in [2.24, 2.45) is 5.41 Å². The van der Waals surface area contributed by atoms with Crippen molar-refractivity contribution in [1.82, 2.24) is 10.6 Å². The van der Waals surface area contributed by atoms with E-state index < -0.39 is 40.3 Å². The van der Waals surface area contributed by atoms with Crippen molar-refractivity contribution in [3.8, 4) is 0 Å². The molecule has 4 N–H and O–H groups in total. The summed E-state index contributed by atoms with van der Waals surface area (Å²) in [6.45, 7) is 4.84. The summed E-state index contributed by atoms with van der Waals surface area (Å²) in [7, 11) is 0. The lowest BCUT2D eigenvalue weighted by Gasteiger charge is -2.44.